The van der Waals surface area contributed by atoms with Gasteiger partial charge < -0.3 is 20.1 Å². The van der Waals surface area contributed by atoms with E-state index in [2.05, 4.69) is 5.32 Å². The molecule has 1 amide bonds. The van der Waals surface area contributed by atoms with Crippen molar-refractivity contribution in [3.05, 3.63) is 35.0 Å². The molecule has 0 atom stereocenters. The zero-order valence-electron chi connectivity index (χ0n) is 13.7. The number of methoxy groups -OCH3 is 1. The predicted octanol–water partition coefficient (Wildman–Crippen LogP) is 2.49. The van der Waals surface area contributed by atoms with Crippen LogP contribution in [0.1, 0.15) is 12.8 Å². The summed E-state index contributed by atoms with van der Waals surface area (Å²) in [5.74, 6) is -1.25. The molecule has 25 heavy (non-hydrogen) atoms. The molecular weight excluding hydrogens is 346 g/mol. The normalized spacial score (nSPS) is 15.4. The Kier molecular flexibility index (Phi) is 6.25. The minimum absolute atomic E-state index is 0.0549. The van der Waals surface area contributed by atoms with E-state index in [9.17, 15) is 14.9 Å². The number of carbonyl (C=O) groups excluding carboxylic acids is 1. The second kappa shape index (κ2) is 8.40. The van der Waals surface area contributed by atoms with E-state index >= 15 is 0 Å². The predicted molar refractivity (Wildman–Crippen MR) is 92.3 cm³/mol. The van der Waals surface area contributed by atoms with E-state index in [1.54, 1.807) is 17.0 Å². The number of likely N-dealkylation sites (tertiary alicyclic amines) is 1. The second-order valence-corrected chi connectivity index (χ2v) is 6.01. The molecule has 0 saturated carbocycles. The van der Waals surface area contributed by atoms with Crippen LogP contribution in [0.4, 0.5) is 5.69 Å². The average molecular weight is 364 g/mol. The third kappa shape index (κ3) is 4.88. The molecule has 8 heteroatoms. The number of amides is 1. The number of halogens is 1. The number of piperidine rings is 1. The maximum absolute atomic E-state index is 12.3. The van der Waals surface area contributed by atoms with Crippen molar-refractivity contribution in [2.24, 2.45) is 5.92 Å². The van der Waals surface area contributed by atoms with Gasteiger partial charge in [-0.15, -0.1) is 0 Å². The van der Waals surface area contributed by atoms with Gasteiger partial charge in [-0.05, 0) is 31.0 Å². The summed E-state index contributed by atoms with van der Waals surface area (Å²) in [6.07, 6.45) is 2.44. The quantitative estimate of drug-likeness (QED) is 0.615. The van der Waals surface area contributed by atoms with Crippen molar-refractivity contribution >= 4 is 29.2 Å². The molecule has 1 aromatic rings. The molecule has 1 aromatic carbocycles. The minimum atomic E-state index is -0.807. The number of anilines is 1. The summed E-state index contributed by atoms with van der Waals surface area (Å²) in [6.45, 7) is 0.980. The summed E-state index contributed by atoms with van der Waals surface area (Å²) in [7, 11) is 1.49. The van der Waals surface area contributed by atoms with Crippen LogP contribution >= 0.6 is 11.6 Å². The molecule has 132 valence electrons. The van der Waals surface area contributed by atoms with Gasteiger partial charge in [-0.1, -0.05) is 11.6 Å². The third-order valence-electron chi connectivity index (χ3n) is 3.97. The van der Waals surface area contributed by atoms with Crippen LogP contribution in [0.25, 0.3) is 0 Å². The first-order valence-corrected chi connectivity index (χ1v) is 8.06. The molecule has 1 heterocycles. The summed E-state index contributed by atoms with van der Waals surface area (Å²) in [4.78, 5) is 25.0. The van der Waals surface area contributed by atoms with Crippen LogP contribution in [0.5, 0.6) is 5.75 Å². The Morgan fingerprint density at radius 1 is 1.44 bits per heavy atom. The number of hydrogen-bond acceptors (Lipinski definition) is 5. The van der Waals surface area contributed by atoms with Gasteiger partial charge in [0.2, 0.25) is 0 Å². The fraction of sp³-hybridized carbons (Fsp3) is 0.353. The van der Waals surface area contributed by atoms with E-state index in [0.717, 1.165) is 0 Å². The van der Waals surface area contributed by atoms with E-state index in [1.807, 2.05) is 6.07 Å². The Hall–Kier alpha value is -2.72. The molecule has 0 radical (unpaired) electrons. The van der Waals surface area contributed by atoms with E-state index < -0.39 is 11.9 Å². The topological polar surface area (TPSA) is 103 Å². The van der Waals surface area contributed by atoms with Gasteiger partial charge in [-0.3, -0.25) is 9.59 Å². The van der Waals surface area contributed by atoms with Crippen LogP contribution in [-0.2, 0) is 9.59 Å². The van der Waals surface area contributed by atoms with Crippen LogP contribution in [0, 0.1) is 17.2 Å². The number of nitrogens with zero attached hydrogens (tertiary/aromatic N) is 2. The van der Waals surface area contributed by atoms with Crippen molar-refractivity contribution in [3.63, 3.8) is 0 Å². The number of carbonyl (C=O) groups is 2. The van der Waals surface area contributed by atoms with Gasteiger partial charge in [0.25, 0.3) is 5.91 Å². The van der Waals surface area contributed by atoms with E-state index in [0.29, 0.717) is 42.4 Å². The molecule has 0 aromatic heterocycles. The number of nitrogens with one attached hydrogen (secondary N) is 1. The van der Waals surface area contributed by atoms with E-state index in [-0.39, 0.29) is 11.5 Å². The summed E-state index contributed by atoms with van der Waals surface area (Å²) in [5, 5.41) is 21.2. The smallest absolute Gasteiger partial charge is 0.306 e. The highest BCUT2D eigenvalue weighted by molar-refractivity contribution is 6.32. The number of carboxylic acid groups (broad SMARTS) is 1. The van der Waals surface area contributed by atoms with Gasteiger partial charge in [0.15, 0.2) is 0 Å². The van der Waals surface area contributed by atoms with Crippen molar-refractivity contribution in [1.82, 2.24) is 4.90 Å². The van der Waals surface area contributed by atoms with E-state index in [1.165, 1.54) is 19.4 Å². The Bertz CT molecular complexity index is 734. The lowest BCUT2D eigenvalue weighted by Gasteiger charge is -2.29. The first kappa shape index (κ1) is 18.6. The fourth-order valence-corrected chi connectivity index (χ4v) is 2.80. The monoisotopic (exact) mass is 363 g/mol. The maximum Gasteiger partial charge on any atom is 0.306 e. The highest BCUT2D eigenvalue weighted by Gasteiger charge is 2.24. The number of nitriles is 1. The molecule has 1 aliphatic rings. The summed E-state index contributed by atoms with van der Waals surface area (Å²) >= 11 is 6.01. The first-order chi connectivity index (χ1) is 11.9. The lowest BCUT2D eigenvalue weighted by molar-refractivity contribution is -0.143. The number of aliphatic carboxylic acids is 1. The SMILES string of the molecule is COc1ccc(NC(=O)/C(C#N)=C\N2CCC(C(=O)O)CC2)cc1Cl. The van der Waals surface area contributed by atoms with Gasteiger partial charge in [0, 0.05) is 25.0 Å². The number of benzene rings is 1. The summed E-state index contributed by atoms with van der Waals surface area (Å²) < 4.78 is 5.04. The zero-order valence-corrected chi connectivity index (χ0v) is 14.4. The van der Waals surface area contributed by atoms with Crippen molar-refractivity contribution in [2.45, 2.75) is 12.8 Å². The molecule has 0 spiro atoms. The van der Waals surface area contributed by atoms with E-state index in [4.69, 9.17) is 21.4 Å². The molecule has 0 bridgehead atoms. The number of ether oxygens (including phenoxy) is 1. The Labute approximate surface area is 150 Å². The Morgan fingerprint density at radius 3 is 2.64 bits per heavy atom. The zero-order chi connectivity index (χ0) is 18.4. The summed E-state index contributed by atoms with van der Waals surface area (Å²) in [5.41, 5.74) is 0.391. The van der Waals surface area contributed by atoms with Gasteiger partial charge in [0.05, 0.1) is 18.1 Å². The lowest BCUT2D eigenvalue weighted by atomic mass is 9.97. The van der Waals surface area contributed by atoms with Gasteiger partial charge in [0.1, 0.15) is 17.4 Å². The Balaban J connectivity index is 2.02. The van der Waals surface area contributed by atoms with Crippen molar-refractivity contribution in [1.29, 1.82) is 5.26 Å². The van der Waals surface area contributed by atoms with Gasteiger partial charge in [-0.2, -0.15) is 5.26 Å². The molecule has 0 aliphatic carbocycles. The highest BCUT2D eigenvalue weighted by atomic mass is 35.5. The molecule has 7 nitrogen and oxygen atoms in total. The standard InChI is InChI=1S/C17H18ClN3O4/c1-25-15-3-2-13(8-14(15)18)20-16(22)12(9-19)10-21-6-4-11(5-7-21)17(23)24/h2-3,8,10-11H,4-7H2,1H3,(H,20,22)(H,23,24)/b12-10-. The van der Waals surface area contributed by atoms with Gasteiger partial charge >= 0.3 is 5.97 Å². The first-order valence-electron chi connectivity index (χ1n) is 7.68. The molecule has 0 unspecified atom stereocenters. The largest absolute Gasteiger partial charge is 0.495 e. The maximum atomic E-state index is 12.3. The van der Waals surface area contributed by atoms with Crippen LogP contribution in [0.2, 0.25) is 5.02 Å². The van der Waals surface area contributed by atoms with Crippen molar-refractivity contribution < 1.29 is 19.4 Å². The second-order valence-electron chi connectivity index (χ2n) is 5.61. The van der Waals surface area contributed by atoms with Crippen molar-refractivity contribution in [2.75, 3.05) is 25.5 Å². The van der Waals surface area contributed by atoms with Crippen LogP contribution in [0.3, 0.4) is 0 Å². The number of hydrogen-bond donors (Lipinski definition) is 2. The third-order valence-corrected chi connectivity index (χ3v) is 4.26. The van der Waals surface area contributed by atoms with Crippen LogP contribution in [-0.4, -0.2) is 42.1 Å². The minimum Gasteiger partial charge on any atom is -0.495 e. The molecular formula is C17H18ClN3O4. The summed E-state index contributed by atoms with van der Waals surface area (Å²) in [6, 6.07) is 6.64. The van der Waals surface area contributed by atoms with Crippen LogP contribution in [0.15, 0.2) is 30.0 Å². The molecule has 1 aliphatic heterocycles. The van der Waals surface area contributed by atoms with Crippen molar-refractivity contribution in [3.8, 4) is 11.8 Å². The fourth-order valence-electron chi connectivity index (χ4n) is 2.54. The molecule has 1 saturated heterocycles. The molecule has 2 rings (SSSR count). The Morgan fingerprint density at radius 2 is 2.12 bits per heavy atom. The average Bonchev–Trinajstić information content (AvgIpc) is 2.60. The highest BCUT2D eigenvalue weighted by Crippen LogP contribution is 2.27. The van der Waals surface area contributed by atoms with Gasteiger partial charge in [-0.25, -0.2) is 0 Å². The van der Waals surface area contributed by atoms with Crippen LogP contribution < -0.4 is 10.1 Å². The molecule has 1 fully saturated rings. The number of rotatable bonds is 5. The number of carboxylic acids is 1. The molecule has 2 N–H and O–H groups in total. The lowest BCUT2D eigenvalue weighted by Crippen LogP contribution is -2.33.